The van der Waals surface area contributed by atoms with Gasteiger partial charge in [0, 0.05) is 5.92 Å². The van der Waals surface area contributed by atoms with Crippen molar-refractivity contribution in [3.63, 3.8) is 0 Å². The van der Waals surface area contributed by atoms with E-state index in [-0.39, 0.29) is 5.38 Å². The lowest BCUT2D eigenvalue weighted by molar-refractivity contribution is 0.120. The molecule has 0 bridgehead atoms. The van der Waals surface area contributed by atoms with E-state index in [1.54, 1.807) is 0 Å². The van der Waals surface area contributed by atoms with Crippen LogP contribution in [0.5, 0.6) is 0 Å². The van der Waals surface area contributed by atoms with Crippen LogP contribution in [-0.4, -0.2) is 12.7 Å². The molecule has 1 heterocycles. The predicted octanol–water partition coefficient (Wildman–Crippen LogP) is 4.01. The number of hydrogen-bond donors (Lipinski definition) is 0. The third-order valence-electron chi connectivity index (χ3n) is 3.38. The first kappa shape index (κ1) is 11.9. The number of benzene rings is 1. The summed E-state index contributed by atoms with van der Waals surface area (Å²) < 4.78 is 5.59. The summed E-state index contributed by atoms with van der Waals surface area (Å²) in [6, 6.07) is 6.49. The van der Waals surface area contributed by atoms with E-state index in [9.17, 15) is 0 Å². The lowest BCUT2D eigenvalue weighted by Gasteiger charge is -2.18. The normalized spacial score (nSPS) is 27.0. The maximum Gasteiger partial charge on any atom is 0.0639 e. The van der Waals surface area contributed by atoms with Crippen molar-refractivity contribution in [1.29, 1.82) is 0 Å². The van der Waals surface area contributed by atoms with Gasteiger partial charge in [0.25, 0.3) is 0 Å². The molecule has 0 aliphatic carbocycles. The van der Waals surface area contributed by atoms with E-state index in [0.29, 0.717) is 12.0 Å². The predicted molar refractivity (Wildman–Crippen MR) is 68.0 cm³/mol. The van der Waals surface area contributed by atoms with Crippen molar-refractivity contribution in [3.8, 4) is 0 Å². The zero-order chi connectivity index (χ0) is 11.7. The summed E-state index contributed by atoms with van der Waals surface area (Å²) in [7, 11) is 0. The number of halogens is 1. The highest BCUT2D eigenvalue weighted by Gasteiger charge is 2.29. The molecular weight excluding hydrogens is 220 g/mol. The standard InChI is InChI=1S/C14H19ClO/c1-9-4-5-10(2)13(6-9)14(15)12-7-11(3)16-8-12/h4-6,11-12,14H,7-8H2,1-3H3. The van der Waals surface area contributed by atoms with Gasteiger partial charge in [-0.05, 0) is 38.3 Å². The van der Waals surface area contributed by atoms with E-state index >= 15 is 0 Å². The average molecular weight is 239 g/mol. The molecule has 0 saturated carbocycles. The highest BCUT2D eigenvalue weighted by Crippen LogP contribution is 2.37. The molecule has 2 heteroatoms. The van der Waals surface area contributed by atoms with E-state index in [1.165, 1.54) is 16.7 Å². The molecule has 1 aliphatic rings. The van der Waals surface area contributed by atoms with Crippen molar-refractivity contribution in [2.75, 3.05) is 6.61 Å². The highest BCUT2D eigenvalue weighted by atomic mass is 35.5. The van der Waals surface area contributed by atoms with E-state index in [0.717, 1.165) is 13.0 Å². The minimum absolute atomic E-state index is 0.0878. The van der Waals surface area contributed by atoms with Crippen LogP contribution in [0.1, 0.15) is 35.4 Å². The van der Waals surface area contributed by atoms with E-state index in [1.807, 2.05) is 0 Å². The van der Waals surface area contributed by atoms with Gasteiger partial charge >= 0.3 is 0 Å². The molecule has 1 aromatic rings. The minimum atomic E-state index is 0.0878. The Morgan fingerprint density at radius 1 is 1.38 bits per heavy atom. The molecule has 0 amide bonds. The largest absolute Gasteiger partial charge is 0.378 e. The average Bonchev–Trinajstić information content (AvgIpc) is 2.67. The van der Waals surface area contributed by atoms with Crippen molar-refractivity contribution >= 4 is 11.6 Å². The maximum absolute atomic E-state index is 6.58. The van der Waals surface area contributed by atoms with Gasteiger partial charge in [0.15, 0.2) is 0 Å². The lowest BCUT2D eigenvalue weighted by atomic mass is 9.92. The monoisotopic (exact) mass is 238 g/mol. The molecule has 88 valence electrons. The van der Waals surface area contributed by atoms with Gasteiger partial charge in [-0.25, -0.2) is 0 Å². The Hall–Kier alpha value is -0.530. The smallest absolute Gasteiger partial charge is 0.0639 e. The van der Waals surface area contributed by atoms with Crippen LogP contribution in [0, 0.1) is 19.8 Å². The zero-order valence-corrected chi connectivity index (χ0v) is 10.9. The van der Waals surface area contributed by atoms with Gasteiger partial charge in [-0.3, -0.25) is 0 Å². The van der Waals surface area contributed by atoms with Gasteiger partial charge in [-0.1, -0.05) is 23.8 Å². The summed E-state index contributed by atoms with van der Waals surface area (Å²) in [5.74, 6) is 0.456. The van der Waals surface area contributed by atoms with Crippen molar-refractivity contribution in [2.45, 2.75) is 38.7 Å². The molecule has 3 atom stereocenters. The number of ether oxygens (including phenoxy) is 1. The Morgan fingerprint density at radius 2 is 2.12 bits per heavy atom. The second-order valence-electron chi connectivity index (χ2n) is 4.90. The van der Waals surface area contributed by atoms with Crippen molar-refractivity contribution in [3.05, 3.63) is 34.9 Å². The van der Waals surface area contributed by atoms with Crippen LogP contribution in [-0.2, 0) is 4.74 Å². The van der Waals surface area contributed by atoms with Crippen LogP contribution in [0.2, 0.25) is 0 Å². The molecule has 1 saturated heterocycles. The second kappa shape index (κ2) is 4.77. The number of alkyl halides is 1. The third-order valence-corrected chi connectivity index (χ3v) is 3.97. The maximum atomic E-state index is 6.58. The second-order valence-corrected chi connectivity index (χ2v) is 5.37. The fourth-order valence-corrected chi connectivity index (χ4v) is 2.78. The first-order chi connectivity index (χ1) is 7.58. The van der Waals surface area contributed by atoms with Crippen LogP contribution >= 0.6 is 11.6 Å². The third kappa shape index (κ3) is 2.41. The van der Waals surface area contributed by atoms with Gasteiger partial charge < -0.3 is 4.74 Å². The van der Waals surface area contributed by atoms with Crippen LogP contribution in [0.4, 0.5) is 0 Å². The van der Waals surface area contributed by atoms with Crippen molar-refractivity contribution < 1.29 is 4.74 Å². The Bertz CT molecular complexity index is 375. The quantitative estimate of drug-likeness (QED) is 0.708. The number of rotatable bonds is 2. The molecule has 2 rings (SSSR count). The summed E-state index contributed by atoms with van der Waals surface area (Å²) in [4.78, 5) is 0. The molecule has 0 aromatic heterocycles. The Labute approximate surface area is 103 Å². The van der Waals surface area contributed by atoms with Crippen molar-refractivity contribution in [2.24, 2.45) is 5.92 Å². The summed E-state index contributed by atoms with van der Waals surface area (Å²) in [5, 5.41) is 0.0878. The lowest BCUT2D eigenvalue weighted by Crippen LogP contribution is -2.09. The van der Waals surface area contributed by atoms with Gasteiger partial charge in [-0.2, -0.15) is 0 Å². The minimum Gasteiger partial charge on any atom is -0.378 e. The number of aryl methyl sites for hydroxylation is 2. The van der Waals surface area contributed by atoms with Crippen LogP contribution < -0.4 is 0 Å². The SMILES string of the molecule is Cc1ccc(C)c(C(Cl)C2COC(C)C2)c1. The number of hydrogen-bond acceptors (Lipinski definition) is 1. The molecule has 1 nitrogen and oxygen atoms in total. The molecule has 3 unspecified atom stereocenters. The van der Waals surface area contributed by atoms with Gasteiger partial charge in [0.05, 0.1) is 18.1 Å². The van der Waals surface area contributed by atoms with E-state index in [4.69, 9.17) is 16.3 Å². The molecule has 16 heavy (non-hydrogen) atoms. The molecular formula is C14H19ClO. The summed E-state index contributed by atoms with van der Waals surface area (Å²) in [5.41, 5.74) is 3.83. The van der Waals surface area contributed by atoms with Gasteiger partial charge in [0.2, 0.25) is 0 Å². The fourth-order valence-electron chi connectivity index (χ4n) is 2.37. The van der Waals surface area contributed by atoms with Gasteiger partial charge in [-0.15, -0.1) is 11.6 Å². The molecule has 0 N–H and O–H groups in total. The van der Waals surface area contributed by atoms with E-state index in [2.05, 4.69) is 39.0 Å². The topological polar surface area (TPSA) is 9.23 Å². The Balaban J connectivity index is 2.20. The van der Waals surface area contributed by atoms with Crippen LogP contribution in [0.15, 0.2) is 18.2 Å². The first-order valence-corrected chi connectivity index (χ1v) is 6.34. The molecule has 0 radical (unpaired) electrons. The summed E-state index contributed by atoms with van der Waals surface area (Å²) in [6.45, 7) is 7.15. The van der Waals surface area contributed by atoms with Crippen molar-refractivity contribution in [1.82, 2.24) is 0 Å². The first-order valence-electron chi connectivity index (χ1n) is 5.90. The molecule has 0 spiro atoms. The molecule has 1 aliphatic heterocycles. The summed E-state index contributed by atoms with van der Waals surface area (Å²) >= 11 is 6.58. The Morgan fingerprint density at radius 3 is 2.75 bits per heavy atom. The fraction of sp³-hybridized carbons (Fsp3) is 0.571. The Kier molecular flexibility index (Phi) is 3.56. The summed E-state index contributed by atoms with van der Waals surface area (Å²) in [6.07, 6.45) is 1.43. The van der Waals surface area contributed by atoms with Gasteiger partial charge in [0.1, 0.15) is 0 Å². The van der Waals surface area contributed by atoms with Crippen LogP contribution in [0.25, 0.3) is 0 Å². The molecule has 1 fully saturated rings. The van der Waals surface area contributed by atoms with E-state index < -0.39 is 0 Å². The zero-order valence-electron chi connectivity index (χ0n) is 10.2. The highest BCUT2D eigenvalue weighted by molar-refractivity contribution is 6.21. The van der Waals surface area contributed by atoms with Crippen LogP contribution in [0.3, 0.4) is 0 Å². The molecule has 1 aromatic carbocycles.